The molecule has 0 spiro atoms. The van der Waals surface area contributed by atoms with Crippen molar-refractivity contribution >= 4 is 0 Å². The average Bonchev–Trinajstić information content (AvgIpc) is 1.38. The standard InChI is InChI=1S/C2H4F2O.CH3.Rf/c3-1-2(4)5;;/h2,5H,1H2;1H3;/q;-1;. The van der Waals surface area contributed by atoms with E-state index in [0.717, 1.165) is 0 Å². The smallest absolute Gasteiger partial charge is 0.225 e. The molecule has 0 aromatic carbocycles. The Morgan fingerprint density at radius 1 is 1.57 bits per heavy atom. The van der Waals surface area contributed by atoms with Crippen molar-refractivity contribution < 1.29 is 13.9 Å². The van der Waals surface area contributed by atoms with E-state index in [2.05, 4.69) is 0 Å². The maximum atomic E-state index is 10.6. The molecule has 0 bridgehead atoms. The van der Waals surface area contributed by atoms with Gasteiger partial charge in [-0.3, -0.25) is 0 Å². The van der Waals surface area contributed by atoms with Crippen LogP contribution >= 0.6 is 0 Å². The van der Waals surface area contributed by atoms with Gasteiger partial charge in [-0.2, -0.15) is 0 Å². The first kappa shape index (κ1) is 17.0. The Morgan fingerprint density at radius 3 is 1.71 bits per heavy atom. The van der Waals surface area contributed by atoms with Crippen LogP contribution in [0.25, 0.3) is 0 Å². The van der Waals surface area contributed by atoms with Gasteiger partial charge in [-0.15, -0.1) is 0 Å². The fourth-order valence-electron chi connectivity index (χ4n) is 0. The quantitative estimate of drug-likeness (QED) is 0.680. The minimum Gasteiger partial charge on any atom is -0.362 e. The third-order valence-corrected chi connectivity index (χ3v) is 0.127. The van der Waals surface area contributed by atoms with Crippen LogP contribution in [-0.4, -0.2) is 18.1 Å². The number of aliphatic hydroxyl groups excluding tert-OH is 1. The Kier molecular flexibility index (Phi) is 21.5. The summed E-state index contributed by atoms with van der Waals surface area (Å²) in [6.07, 6.45) is -2.28. The molecule has 7 heavy (non-hydrogen) atoms. The summed E-state index contributed by atoms with van der Waals surface area (Å²) in [5.41, 5.74) is 0. The molecule has 0 radical (unpaired) electrons. The molecule has 0 aromatic heterocycles. The summed E-state index contributed by atoms with van der Waals surface area (Å²) in [7, 11) is 0. The number of hydrogen-bond acceptors (Lipinski definition) is 1. The van der Waals surface area contributed by atoms with E-state index in [1.54, 1.807) is 0 Å². The maximum Gasteiger partial charge on any atom is 0.225 e. The predicted octanol–water partition coefficient (Wildman–Crippen LogP) is 0.694. The zero-order valence-corrected chi connectivity index (χ0v) is 10.6. The molecule has 0 heterocycles. The number of alkyl halides is 2. The Hall–Kier alpha value is -1.18. The molecule has 1 nitrogen and oxygen atoms in total. The van der Waals surface area contributed by atoms with Gasteiger partial charge in [-0.05, 0) is 0 Å². The monoisotopic (exact) mass is 364 g/mol. The molecule has 42 valence electrons. The normalized spacial score (nSPS) is 10.7. The van der Waals surface area contributed by atoms with Gasteiger partial charge in [0.25, 0.3) is 0 Å². The number of aliphatic hydroxyl groups is 1. The number of hydrogen-bond donors (Lipinski definition) is 1. The van der Waals surface area contributed by atoms with Crippen molar-refractivity contribution in [2.45, 2.75) is 6.36 Å². The summed E-state index contributed by atoms with van der Waals surface area (Å²) in [4.78, 5) is 0. The molecule has 0 aliphatic rings. The van der Waals surface area contributed by atoms with Crippen molar-refractivity contribution in [3.05, 3.63) is 7.43 Å². The van der Waals surface area contributed by atoms with Gasteiger partial charge >= 0.3 is 0 Å². The summed E-state index contributed by atoms with van der Waals surface area (Å²) >= 11 is 0. The second kappa shape index (κ2) is 8.84. The van der Waals surface area contributed by atoms with Crippen LogP contribution < -0.4 is 0 Å². The molecule has 0 aliphatic carbocycles. The van der Waals surface area contributed by atoms with Gasteiger partial charge in [0.05, 0.1) is 0 Å². The van der Waals surface area contributed by atoms with Crippen LogP contribution in [0.3, 0.4) is 0 Å². The zero-order chi connectivity index (χ0) is 4.28. The maximum absolute atomic E-state index is 10.6. The molecule has 1 atom stereocenters. The molecular weight excluding hydrogens is 357 g/mol. The Balaban J connectivity index is -0.0000000800. The van der Waals surface area contributed by atoms with Crippen LogP contribution in [0, 0.1) is 7.43 Å². The second-order valence-corrected chi connectivity index (χ2v) is 0.589. The molecule has 1 N–H and O–H groups in total. The van der Waals surface area contributed by atoms with E-state index < -0.39 is 13.0 Å². The predicted molar refractivity (Wildman–Crippen MR) is 19.5 cm³/mol. The van der Waals surface area contributed by atoms with Crippen molar-refractivity contribution in [2.75, 3.05) is 6.67 Å². The van der Waals surface area contributed by atoms with Gasteiger partial charge in [-0.1, -0.05) is 0 Å². The third kappa shape index (κ3) is 57.0. The van der Waals surface area contributed by atoms with Crippen LogP contribution in [0.5, 0.6) is 0 Å². The van der Waals surface area contributed by atoms with Crippen molar-refractivity contribution in [3.8, 4) is 0 Å². The number of halogens is 2. The molecule has 0 aromatic rings. The molecule has 4 heteroatoms. The summed E-state index contributed by atoms with van der Waals surface area (Å²) in [5.74, 6) is 0. The van der Waals surface area contributed by atoms with Crippen molar-refractivity contribution in [1.82, 2.24) is 0 Å². The largest absolute Gasteiger partial charge is 0.362 e. The SMILES string of the molecule is OC(F)CF.[CH3-].[Rf]. The zero-order valence-electron chi connectivity index (χ0n) is 4.19. The molecule has 0 saturated carbocycles. The fraction of sp³-hybridized carbons (Fsp3) is 0.667. The fourth-order valence-corrected chi connectivity index (χ4v) is 0. The van der Waals surface area contributed by atoms with Gasteiger partial charge in [-0.25, -0.2) is 8.78 Å². The van der Waals surface area contributed by atoms with Crippen LogP contribution in [0.15, 0.2) is 0 Å². The first-order valence-electron chi connectivity index (χ1n) is 1.15. The van der Waals surface area contributed by atoms with Crippen LogP contribution in [0.1, 0.15) is 0 Å². The van der Waals surface area contributed by atoms with Crippen LogP contribution in [0.4, 0.5) is 8.78 Å². The average molecular weight is 364 g/mol. The Bertz CT molecular complexity index is 26.9. The Labute approximate surface area is 35.6 Å². The Morgan fingerprint density at radius 2 is 1.71 bits per heavy atom. The van der Waals surface area contributed by atoms with Crippen LogP contribution in [-0.2, 0) is 0 Å². The molecule has 0 amide bonds. The summed E-state index contributed by atoms with van der Waals surface area (Å²) in [5, 5.41) is 7.32. The van der Waals surface area contributed by atoms with E-state index in [4.69, 9.17) is 5.11 Å². The van der Waals surface area contributed by atoms with Gasteiger partial charge in [0.2, 0.25) is 6.36 Å². The molecule has 0 saturated heterocycles. The number of rotatable bonds is 1. The van der Waals surface area contributed by atoms with E-state index in [0.29, 0.717) is 0 Å². The summed E-state index contributed by atoms with van der Waals surface area (Å²) < 4.78 is 21.1. The summed E-state index contributed by atoms with van der Waals surface area (Å²) in [6, 6.07) is 0. The summed E-state index contributed by atoms with van der Waals surface area (Å²) in [6.45, 7) is -1.31. The van der Waals surface area contributed by atoms with Crippen LogP contribution in [0.2, 0.25) is 0 Å². The first-order chi connectivity index (χ1) is 2.27. The van der Waals surface area contributed by atoms with Gasteiger partial charge < -0.3 is 12.5 Å². The first-order valence-corrected chi connectivity index (χ1v) is 1.15. The topological polar surface area (TPSA) is 20.2 Å². The minimum atomic E-state index is -2.28. The molecule has 1 unspecified atom stereocenters. The molecular formula is C3H7F2ORf-. The van der Waals surface area contributed by atoms with Crippen molar-refractivity contribution in [1.29, 1.82) is 0 Å². The molecule has 0 fully saturated rings. The van der Waals surface area contributed by atoms with E-state index in [-0.39, 0.29) is 7.43 Å². The second-order valence-electron chi connectivity index (χ2n) is 0.589. The van der Waals surface area contributed by atoms with E-state index in [9.17, 15) is 8.78 Å². The minimum absolute atomic E-state index is 0. The van der Waals surface area contributed by atoms with E-state index >= 15 is 0 Å². The molecule has 0 aliphatic heterocycles. The van der Waals surface area contributed by atoms with Crippen molar-refractivity contribution in [2.24, 2.45) is 0 Å². The molecule has 0 rings (SSSR count). The van der Waals surface area contributed by atoms with E-state index in [1.165, 1.54) is 0 Å². The van der Waals surface area contributed by atoms with Gasteiger partial charge in [0.1, 0.15) is 6.67 Å². The third-order valence-electron chi connectivity index (χ3n) is 0.127. The van der Waals surface area contributed by atoms with Gasteiger partial charge in [0.15, 0.2) is 0 Å². The van der Waals surface area contributed by atoms with E-state index in [1.807, 2.05) is 0 Å². The van der Waals surface area contributed by atoms with Crippen molar-refractivity contribution in [3.63, 3.8) is 0 Å². The van der Waals surface area contributed by atoms with Gasteiger partial charge in [0, 0.05) is 0 Å².